The van der Waals surface area contributed by atoms with Crippen LogP contribution in [0.15, 0.2) is 0 Å². The molecule has 0 heterocycles. The van der Waals surface area contributed by atoms with E-state index in [0.29, 0.717) is 19.8 Å². The minimum Gasteiger partial charge on any atom is -0.400 e. The fourth-order valence-corrected chi connectivity index (χ4v) is 1.66. The van der Waals surface area contributed by atoms with Gasteiger partial charge in [0.1, 0.15) is 0 Å². The Kier molecular flexibility index (Phi) is 33.0. The number of rotatable bonds is 6. The van der Waals surface area contributed by atoms with Crippen LogP contribution in [0.3, 0.4) is 0 Å². The molecule has 0 fully saturated rings. The summed E-state index contributed by atoms with van der Waals surface area (Å²) in [4.78, 5) is 0. The molecule has 0 aromatic carbocycles. The smallest absolute Gasteiger partial charge is 0.400 e. The first-order valence-corrected chi connectivity index (χ1v) is 6.69. The van der Waals surface area contributed by atoms with Gasteiger partial charge in [0.05, 0.1) is 0 Å². The van der Waals surface area contributed by atoms with E-state index >= 15 is 0 Å². The molecule has 0 bridgehead atoms. The SMILES string of the molecule is CCO[SiH](OCC)OCC.CCl.CO. The van der Waals surface area contributed by atoms with E-state index in [2.05, 4.69) is 11.6 Å². The molecule has 14 heavy (non-hydrogen) atoms. The lowest BCUT2D eigenvalue weighted by molar-refractivity contribution is 0.107. The minimum absolute atomic E-state index is 0.677. The minimum atomic E-state index is -1.73. The monoisotopic (exact) mass is 246 g/mol. The third-order valence-corrected chi connectivity index (χ3v) is 2.72. The van der Waals surface area contributed by atoms with E-state index in [1.807, 2.05) is 20.8 Å². The van der Waals surface area contributed by atoms with Gasteiger partial charge in [0.15, 0.2) is 0 Å². The normalized spacial score (nSPS) is 8.57. The zero-order valence-electron chi connectivity index (χ0n) is 9.75. The molecular formula is C8H23ClO4Si. The largest absolute Gasteiger partial charge is 0.484 e. The van der Waals surface area contributed by atoms with Crippen LogP contribution in [0.25, 0.3) is 0 Å². The quantitative estimate of drug-likeness (QED) is 0.567. The van der Waals surface area contributed by atoms with E-state index in [1.165, 1.54) is 6.38 Å². The van der Waals surface area contributed by atoms with Crippen molar-refractivity contribution in [3.63, 3.8) is 0 Å². The van der Waals surface area contributed by atoms with Gasteiger partial charge in [-0.15, -0.1) is 11.6 Å². The molecular weight excluding hydrogens is 224 g/mol. The summed E-state index contributed by atoms with van der Waals surface area (Å²) in [5, 5.41) is 7.00. The summed E-state index contributed by atoms with van der Waals surface area (Å²) in [5.74, 6) is 0. The van der Waals surface area contributed by atoms with Crippen LogP contribution in [0.5, 0.6) is 0 Å². The highest BCUT2D eigenvalue weighted by molar-refractivity contribution is 6.36. The Labute approximate surface area is 94.1 Å². The maximum atomic E-state index is 7.00. The second-order valence-electron chi connectivity index (χ2n) is 1.65. The summed E-state index contributed by atoms with van der Waals surface area (Å²) in [6.07, 6.45) is 1.47. The molecule has 1 N–H and O–H groups in total. The average Bonchev–Trinajstić information content (AvgIpc) is 2.25. The molecule has 0 unspecified atom stereocenters. The summed E-state index contributed by atoms with van der Waals surface area (Å²) in [5.41, 5.74) is 0. The van der Waals surface area contributed by atoms with Crippen molar-refractivity contribution < 1.29 is 18.4 Å². The van der Waals surface area contributed by atoms with Gasteiger partial charge in [0, 0.05) is 33.3 Å². The van der Waals surface area contributed by atoms with Crippen LogP contribution in [0.1, 0.15) is 20.8 Å². The maximum absolute atomic E-state index is 7.00. The van der Waals surface area contributed by atoms with Gasteiger partial charge in [-0.2, -0.15) is 0 Å². The van der Waals surface area contributed by atoms with Gasteiger partial charge < -0.3 is 18.4 Å². The van der Waals surface area contributed by atoms with E-state index in [1.54, 1.807) is 0 Å². The summed E-state index contributed by atoms with van der Waals surface area (Å²) in [7, 11) is -0.734. The predicted octanol–water partition coefficient (Wildman–Crippen LogP) is 1.28. The molecule has 6 heteroatoms. The van der Waals surface area contributed by atoms with Crippen LogP contribution in [0, 0.1) is 0 Å². The standard InChI is InChI=1S/C6H16O3Si.CH3Cl.CH4O/c1-4-7-10(8-5-2)9-6-3;2*1-2/h10H,4-6H2,1-3H3;1H3;2H,1H3. The Morgan fingerprint density at radius 3 is 1.21 bits per heavy atom. The summed E-state index contributed by atoms with van der Waals surface area (Å²) in [6, 6.07) is 0. The molecule has 0 saturated heterocycles. The fraction of sp³-hybridized carbons (Fsp3) is 1.00. The maximum Gasteiger partial charge on any atom is 0.484 e. The number of hydrogen-bond acceptors (Lipinski definition) is 4. The van der Waals surface area contributed by atoms with Crippen molar-refractivity contribution in [3.05, 3.63) is 0 Å². The Morgan fingerprint density at radius 2 is 1.07 bits per heavy atom. The van der Waals surface area contributed by atoms with E-state index in [4.69, 9.17) is 18.4 Å². The van der Waals surface area contributed by atoms with Crippen molar-refractivity contribution in [3.8, 4) is 0 Å². The van der Waals surface area contributed by atoms with Gasteiger partial charge in [-0.05, 0) is 20.8 Å². The fourth-order valence-electron chi connectivity index (χ4n) is 0.553. The van der Waals surface area contributed by atoms with Crippen LogP contribution < -0.4 is 0 Å². The first-order valence-electron chi connectivity index (χ1n) is 4.52. The van der Waals surface area contributed by atoms with E-state index in [9.17, 15) is 0 Å². The first kappa shape index (κ1) is 19.9. The third-order valence-electron chi connectivity index (χ3n) is 0.908. The Morgan fingerprint density at radius 1 is 0.857 bits per heavy atom. The van der Waals surface area contributed by atoms with Gasteiger partial charge in [-0.1, -0.05) is 0 Å². The molecule has 4 nitrogen and oxygen atoms in total. The van der Waals surface area contributed by atoms with Crippen molar-refractivity contribution in [2.75, 3.05) is 33.3 Å². The molecule has 0 radical (unpaired) electrons. The van der Waals surface area contributed by atoms with Gasteiger partial charge in [0.25, 0.3) is 0 Å². The molecule has 90 valence electrons. The number of aliphatic hydroxyl groups excluding tert-OH is 1. The molecule has 0 atom stereocenters. The molecule has 0 amide bonds. The molecule has 0 rings (SSSR count). The van der Waals surface area contributed by atoms with Gasteiger partial charge in [-0.3, -0.25) is 0 Å². The van der Waals surface area contributed by atoms with E-state index in [0.717, 1.165) is 7.11 Å². The first-order chi connectivity index (χ1) is 6.85. The Balaban J connectivity index is -0.000000266. The lowest BCUT2D eigenvalue weighted by Crippen LogP contribution is -2.27. The van der Waals surface area contributed by atoms with Gasteiger partial charge in [0.2, 0.25) is 0 Å². The van der Waals surface area contributed by atoms with Crippen LogP contribution in [-0.4, -0.2) is 47.9 Å². The van der Waals surface area contributed by atoms with Crippen molar-refractivity contribution in [2.45, 2.75) is 20.8 Å². The third kappa shape index (κ3) is 18.2. The average molecular weight is 247 g/mol. The number of alkyl halides is 1. The zero-order chi connectivity index (χ0) is 11.8. The van der Waals surface area contributed by atoms with Crippen molar-refractivity contribution in [1.82, 2.24) is 0 Å². The van der Waals surface area contributed by atoms with Crippen molar-refractivity contribution in [1.29, 1.82) is 0 Å². The topological polar surface area (TPSA) is 47.9 Å². The molecule has 0 aliphatic carbocycles. The molecule has 0 saturated carbocycles. The molecule has 0 aromatic heterocycles. The van der Waals surface area contributed by atoms with Crippen LogP contribution in [-0.2, 0) is 13.3 Å². The highest BCUT2D eigenvalue weighted by Crippen LogP contribution is 1.90. The van der Waals surface area contributed by atoms with Crippen molar-refractivity contribution in [2.24, 2.45) is 0 Å². The lowest BCUT2D eigenvalue weighted by Gasteiger charge is -2.12. The Bertz CT molecular complexity index is 64.1. The molecule has 0 spiro atoms. The van der Waals surface area contributed by atoms with Crippen LogP contribution >= 0.6 is 11.6 Å². The highest BCUT2D eigenvalue weighted by Gasteiger charge is 2.11. The van der Waals surface area contributed by atoms with E-state index < -0.39 is 9.53 Å². The van der Waals surface area contributed by atoms with Crippen LogP contribution in [0.2, 0.25) is 0 Å². The number of halogens is 1. The second kappa shape index (κ2) is 23.3. The molecule has 0 aliphatic rings. The summed E-state index contributed by atoms with van der Waals surface area (Å²) < 4.78 is 15.7. The summed E-state index contributed by atoms with van der Waals surface area (Å²) >= 11 is 4.64. The van der Waals surface area contributed by atoms with Gasteiger partial charge in [-0.25, -0.2) is 0 Å². The molecule has 0 aromatic rings. The van der Waals surface area contributed by atoms with Gasteiger partial charge >= 0.3 is 9.53 Å². The number of aliphatic hydroxyl groups is 1. The molecule has 0 aliphatic heterocycles. The van der Waals surface area contributed by atoms with Crippen molar-refractivity contribution >= 4 is 21.1 Å². The Hall–Kier alpha value is 0.347. The zero-order valence-corrected chi connectivity index (χ0v) is 11.7. The lowest BCUT2D eigenvalue weighted by atomic mass is 10.9. The summed E-state index contributed by atoms with van der Waals surface area (Å²) in [6.45, 7) is 7.86. The highest BCUT2D eigenvalue weighted by atomic mass is 35.5. The number of hydrogen-bond donors (Lipinski definition) is 1. The predicted molar refractivity (Wildman–Crippen MR) is 61.9 cm³/mol. The second-order valence-corrected chi connectivity index (χ2v) is 3.23. The van der Waals surface area contributed by atoms with Crippen LogP contribution in [0.4, 0.5) is 0 Å². The van der Waals surface area contributed by atoms with E-state index in [-0.39, 0.29) is 0 Å².